The van der Waals surface area contributed by atoms with E-state index in [4.69, 9.17) is 5.26 Å². The first-order valence-corrected chi connectivity index (χ1v) is 5.31. The molecule has 0 bridgehead atoms. The van der Waals surface area contributed by atoms with E-state index in [1.165, 1.54) is 0 Å². The Bertz CT molecular complexity index is 171. The summed E-state index contributed by atoms with van der Waals surface area (Å²) in [6.07, 6.45) is 0.978. The van der Waals surface area contributed by atoms with Crippen molar-refractivity contribution in [2.24, 2.45) is 5.41 Å². The van der Waals surface area contributed by atoms with Crippen molar-refractivity contribution in [3.8, 4) is 6.07 Å². The van der Waals surface area contributed by atoms with E-state index < -0.39 is 0 Å². The summed E-state index contributed by atoms with van der Waals surface area (Å²) in [5.41, 5.74) is -0.155. The minimum Gasteiger partial charge on any atom is -0.198 e. The van der Waals surface area contributed by atoms with Crippen LogP contribution in [0.1, 0.15) is 41.0 Å². The van der Waals surface area contributed by atoms with Gasteiger partial charge < -0.3 is 0 Å². The van der Waals surface area contributed by atoms with Crippen LogP contribution in [0.2, 0.25) is 0 Å². The molecule has 0 aliphatic heterocycles. The minimum atomic E-state index is -0.155. The van der Waals surface area contributed by atoms with E-state index in [0.717, 1.165) is 12.2 Å². The van der Waals surface area contributed by atoms with Crippen molar-refractivity contribution < 1.29 is 0 Å². The Labute approximate surface area is 80.5 Å². The van der Waals surface area contributed by atoms with Crippen molar-refractivity contribution in [1.29, 1.82) is 5.26 Å². The van der Waals surface area contributed by atoms with Crippen molar-refractivity contribution in [3.05, 3.63) is 0 Å². The molecule has 0 spiro atoms. The van der Waals surface area contributed by atoms with E-state index in [0.29, 0.717) is 4.75 Å². The highest BCUT2D eigenvalue weighted by Crippen LogP contribution is 2.28. The zero-order valence-corrected chi connectivity index (χ0v) is 9.59. The predicted molar refractivity (Wildman–Crippen MR) is 56.2 cm³/mol. The third-order valence-electron chi connectivity index (χ3n) is 1.56. The molecule has 0 rings (SSSR count). The van der Waals surface area contributed by atoms with Crippen LogP contribution in [-0.2, 0) is 0 Å². The highest BCUT2D eigenvalue weighted by Gasteiger charge is 2.18. The molecule has 2 heteroatoms. The lowest BCUT2D eigenvalue weighted by Gasteiger charge is -2.20. The number of nitriles is 1. The van der Waals surface area contributed by atoms with Crippen LogP contribution in [0.5, 0.6) is 0 Å². The molecule has 0 fully saturated rings. The molecule has 0 aliphatic carbocycles. The van der Waals surface area contributed by atoms with Crippen LogP contribution in [0.4, 0.5) is 0 Å². The van der Waals surface area contributed by atoms with Crippen LogP contribution in [-0.4, -0.2) is 10.5 Å². The van der Waals surface area contributed by atoms with Gasteiger partial charge in [-0.05, 0) is 26.0 Å². The molecule has 70 valence electrons. The van der Waals surface area contributed by atoms with Gasteiger partial charge in [-0.2, -0.15) is 17.0 Å². The van der Waals surface area contributed by atoms with E-state index >= 15 is 0 Å². The Kier molecular flexibility index (Phi) is 4.13. The molecule has 0 heterocycles. The van der Waals surface area contributed by atoms with Gasteiger partial charge in [-0.15, -0.1) is 0 Å². The van der Waals surface area contributed by atoms with Gasteiger partial charge in [0.1, 0.15) is 0 Å². The van der Waals surface area contributed by atoms with Crippen LogP contribution < -0.4 is 0 Å². The fraction of sp³-hybridized carbons (Fsp3) is 0.900. The number of thioether (sulfide) groups is 1. The molecule has 0 aromatic heterocycles. The lowest BCUT2D eigenvalue weighted by Crippen LogP contribution is -2.13. The highest BCUT2D eigenvalue weighted by atomic mass is 32.2. The predicted octanol–water partition coefficient (Wildman–Crippen LogP) is 3.46. The zero-order valence-electron chi connectivity index (χ0n) is 8.77. The molecule has 0 saturated heterocycles. The number of hydrogen-bond acceptors (Lipinski definition) is 2. The van der Waals surface area contributed by atoms with Crippen molar-refractivity contribution >= 4 is 11.8 Å². The maximum Gasteiger partial charge on any atom is 0.0684 e. The second-order valence-corrected chi connectivity index (χ2v) is 6.63. The molecular weight excluding hydrogens is 166 g/mol. The standard InChI is InChI=1S/C10H19NS/c1-9(2,3)12-7-6-10(4,5)8-11/h6-7H2,1-5H3. The third kappa shape index (κ3) is 6.54. The molecule has 0 aliphatic rings. The fourth-order valence-corrected chi connectivity index (χ4v) is 1.89. The summed E-state index contributed by atoms with van der Waals surface area (Å²) in [6, 6.07) is 2.31. The van der Waals surface area contributed by atoms with Crippen LogP contribution in [0.3, 0.4) is 0 Å². The Morgan fingerprint density at radius 3 is 2.00 bits per heavy atom. The summed E-state index contributed by atoms with van der Waals surface area (Å²) < 4.78 is 0.325. The van der Waals surface area contributed by atoms with Gasteiger partial charge in [0.25, 0.3) is 0 Å². The Balaban J connectivity index is 3.66. The number of nitrogens with zero attached hydrogens (tertiary/aromatic N) is 1. The van der Waals surface area contributed by atoms with Crippen LogP contribution in [0.15, 0.2) is 0 Å². The quantitative estimate of drug-likeness (QED) is 0.672. The number of hydrogen-bond donors (Lipinski definition) is 0. The summed E-state index contributed by atoms with van der Waals surface area (Å²) in [5.74, 6) is 1.07. The van der Waals surface area contributed by atoms with Crippen molar-refractivity contribution in [2.75, 3.05) is 5.75 Å². The Hall–Kier alpha value is -0.160. The van der Waals surface area contributed by atoms with E-state index in [9.17, 15) is 0 Å². The molecular formula is C10H19NS. The molecule has 12 heavy (non-hydrogen) atoms. The molecule has 0 aromatic carbocycles. The SMILES string of the molecule is CC(C)(C#N)CCSC(C)(C)C. The van der Waals surface area contributed by atoms with Gasteiger partial charge >= 0.3 is 0 Å². The average molecular weight is 185 g/mol. The maximum absolute atomic E-state index is 8.76. The summed E-state index contributed by atoms with van der Waals surface area (Å²) in [7, 11) is 0. The molecule has 0 saturated carbocycles. The monoisotopic (exact) mass is 185 g/mol. The summed E-state index contributed by atoms with van der Waals surface area (Å²) in [4.78, 5) is 0. The van der Waals surface area contributed by atoms with Gasteiger partial charge in [0.2, 0.25) is 0 Å². The topological polar surface area (TPSA) is 23.8 Å². The van der Waals surface area contributed by atoms with Gasteiger partial charge in [0.05, 0.1) is 11.5 Å². The van der Waals surface area contributed by atoms with Gasteiger partial charge in [0, 0.05) is 4.75 Å². The van der Waals surface area contributed by atoms with Gasteiger partial charge in [-0.3, -0.25) is 0 Å². The van der Waals surface area contributed by atoms with Gasteiger partial charge in [-0.1, -0.05) is 20.8 Å². The largest absolute Gasteiger partial charge is 0.198 e. The Morgan fingerprint density at radius 1 is 1.17 bits per heavy atom. The first-order chi connectivity index (χ1) is 5.27. The second-order valence-electron chi connectivity index (χ2n) is 4.71. The lowest BCUT2D eigenvalue weighted by atomic mass is 9.93. The third-order valence-corrected chi connectivity index (χ3v) is 2.84. The van der Waals surface area contributed by atoms with Crippen molar-refractivity contribution in [2.45, 2.75) is 45.8 Å². The average Bonchev–Trinajstić information content (AvgIpc) is 1.84. The van der Waals surface area contributed by atoms with E-state index in [1.54, 1.807) is 0 Å². The van der Waals surface area contributed by atoms with Crippen molar-refractivity contribution in [3.63, 3.8) is 0 Å². The highest BCUT2D eigenvalue weighted by molar-refractivity contribution is 8.00. The molecule has 1 nitrogen and oxygen atoms in total. The second kappa shape index (κ2) is 4.18. The normalized spacial score (nSPS) is 12.7. The van der Waals surface area contributed by atoms with Gasteiger partial charge in [0.15, 0.2) is 0 Å². The van der Waals surface area contributed by atoms with E-state index in [-0.39, 0.29) is 5.41 Å². The number of rotatable bonds is 3. The first-order valence-electron chi connectivity index (χ1n) is 4.32. The van der Waals surface area contributed by atoms with Crippen molar-refractivity contribution in [1.82, 2.24) is 0 Å². The zero-order chi connectivity index (χ0) is 9.83. The minimum absolute atomic E-state index is 0.155. The van der Waals surface area contributed by atoms with Crippen LogP contribution in [0, 0.1) is 16.7 Å². The molecule has 0 radical (unpaired) electrons. The van der Waals surface area contributed by atoms with E-state index in [2.05, 4.69) is 26.8 Å². The molecule has 0 atom stereocenters. The summed E-state index contributed by atoms with van der Waals surface area (Å²) >= 11 is 1.92. The lowest BCUT2D eigenvalue weighted by molar-refractivity contribution is 0.481. The first kappa shape index (κ1) is 11.8. The van der Waals surface area contributed by atoms with Gasteiger partial charge in [-0.25, -0.2) is 0 Å². The molecule has 0 aromatic rings. The summed E-state index contributed by atoms with van der Waals surface area (Å²) in [5, 5.41) is 8.76. The maximum atomic E-state index is 8.76. The molecule has 0 unspecified atom stereocenters. The fourth-order valence-electron chi connectivity index (χ4n) is 0.668. The van der Waals surface area contributed by atoms with E-state index in [1.807, 2.05) is 25.6 Å². The van der Waals surface area contributed by atoms with Crippen LogP contribution >= 0.6 is 11.8 Å². The summed E-state index contributed by atoms with van der Waals surface area (Å²) in [6.45, 7) is 10.6. The smallest absolute Gasteiger partial charge is 0.0684 e. The van der Waals surface area contributed by atoms with Crippen LogP contribution in [0.25, 0.3) is 0 Å². The Morgan fingerprint density at radius 2 is 1.67 bits per heavy atom. The molecule has 0 N–H and O–H groups in total. The molecule has 0 amide bonds.